The van der Waals surface area contributed by atoms with Crippen molar-refractivity contribution in [2.75, 3.05) is 18.0 Å². The third-order valence-corrected chi connectivity index (χ3v) is 5.46. The fourth-order valence-electron chi connectivity index (χ4n) is 3.78. The number of fused-ring (bicyclic) bond motifs is 1. The van der Waals surface area contributed by atoms with E-state index in [4.69, 9.17) is 17.3 Å². The third-order valence-electron chi connectivity index (χ3n) is 5.16. The van der Waals surface area contributed by atoms with Crippen molar-refractivity contribution in [2.45, 2.75) is 26.2 Å². The lowest BCUT2D eigenvalue weighted by molar-refractivity contribution is 0.0979. The van der Waals surface area contributed by atoms with Gasteiger partial charge in [0.1, 0.15) is 5.69 Å². The van der Waals surface area contributed by atoms with Gasteiger partial charge in [0.15, 0.2) is 5.82 Å². The van der Waals surface area contributed by atoms with Crippen LogP contribution in [0.5, 0.6) is 0 Å². The molecule has 28 heavy (non-hydrogen) atoms. The lowest BCUT2D eigenvalue weighted by atomic mass is 9.90. The van der Waals surface area contributed by atoms with Crippen molar-refractivity contribution in [1.82, 2.24) is 14.8 Å². The van der Waals surface area contributed by atoms with Gasteiger partial charge in [-0.25, -0.2) is 9.67 Å². The normalized spacial score (nSPS) is 16.1. The Morgan fingerprint density at radius 2 is 2.04 bits per heavy atom. The van der Waals surface area contributed by atoms with Crippen LogP contribution in [0, 0.1) is 13.8 Å². The van der Waals surface area contributed by atoms with E-state index in [1.807, 2.05) is 44.2 Å². The Kier molecular flexibility index (Phi) is 4.91. The molecule has 0 saturated heterocycles. The van der Waals surface area contributed by atoms with Crippen molar-refractivity contribution in [3.63, 3.8) is 0 Å². The summed E-state index contributed by atoms with van der Waals surface area (Å²) in [6, 6.07) is 13.3. The molecule has 6 nitrogen and oxygen atoms in total. The van der Waals surface area contributed by atoms with Gasteiger partial charge in [-0.15, -0.1) is 0 Å². The van der Waals surface area contributed by atoms with Gasteiger partial charge in [0.2, 0.25) is 0 Å². The molecule has 1 unspecified atom stereocenters. The molecule has 2 aromatic heterocycles. The first-order valence-electron chi connectivity index (χ1n) is 9.30. The van der Waals surface area contributed by atoms with Crippen LogP contribution in [0.1, 0.15) is 39.8 Å². The fourth-order valence-corrected chi connectivity index (χ4v) is 3.97. The number of hydrogen-bond acceptors (Lipinski definition) is 4. The van der Waals surface area contributed by atoms with Gasteiger partial charge in [0.05, 0.1) is 10.7 Å². The number of carbonyl (C=O) groups excluding carboxylic acids is 1. The standard InChI is InChI=1S/C21H22ClN5O/c1-13-11-14(2)27(25-13)19-8-7-17(22)20(24-19)21(28)26-10-9-15(12-23)16-5-3-4-6-18(16)26/h3-8,11,15H,9-10,12,23H2,1-2H3. The first kappa shape index (κ1) is 18.7. The first-order chi connectivity index (χ1) is 13.5. The Bertz CT molecular complexity index is 1050. The van der Waals surface area contributed by atoms with E-state index in [9.17, 15) is 4.79 Å². The van der Waals surface area contributed by atoms with Crippen LogP contribution in [0.25, 0.3) is 5.82 Å². The molecule has 3 heterocycles. The Morgan fingerprint density at radius 1 is 1.25 bits per heavy atom. The highest BCUT2D eigenvalue weighted by atomic mass is 35.5. The van der Waals surface area contributed by atoms with Gasteiger partial charge < -0.3 is 10.6 Å². The molecule has 1 aromatic carbocycles. The summed E-state index contributed by atoms with van der Waals surface area (Å²) in [7, 11) is 0. The lowest BCUT2D eigenvalue weighted by Crippen LogP contribution is -2.38. The van der Waals surface area contributed by atoms with Crippen LogP contribution >= 0.6 is 11.6 Å². The van der Waals surface area contributed by atoms with Gasteiger partial charge in [0.25, 0.3) is 5.91 Å². The fraction of sp³-hybridized carbons (Fsp3) is 0.286. The molecular formula is C21H22ClN5O. The molecule has 1 aliphatic rings. The number of benzene rings is 1. The number of nitrogens with zero attached hydrogens (tertiary/aromatic N) is 4. The average Bonchev–Trinajstić information content (AvgIpc) is 3.05. The SMILES string of the molecule is Cc1cc(C)n(-c2ccc(Cl)c(C(=O)N3CCC(CN)c4ccccc43)n2)n1. The van der Waals surface area contributed by atoms with E-state index in [0.29, 0.717) is 23.9 Å². The van der Waals surface area contributed by atoms with E-state index in [0.717, 1.165) is 29.1 Å². The quantitative estimate of drug-likeness (QED) is 0.734. The van der Waals surface area contributed by atoms with Gasteiger partial charge in [-0.2, -0.15) is 5.10 Å². The maximum atomic E-state index is 13.4. The largest absolute Gasteiger partial charge is 0.330 e. The van der Waals surface area contributed by atoms with Crippen LogP contribution < -0.4 is 10.6 Å². The number of pyridine rings is 1. The lowest BCUT2D eigenvalue weighted by Gasteiger charge is -2.33. The Morgan fingerprint density at radius 3 is 2.75 bits per heavy atom. The number of aryl methyl sites for hydroxylation is 2. The molecule has 0 radical (unpaired) electrons. The van der Waals surface area contributed by atoms with Crippen molar-refractivity contribution < 1.29 is 4.79 Å². The molecule has 1 amide bonds. The minimum atomic E-state index is -0.212. The molecule has 0 spiro atoms. The third kappa shape index (κ3) is 3.19. The highest BCUT2D eigenvalue weighted by molar-refractivity contribution is 6.34. The molecular weight excluding hydrogens is 374 g/mol. The summed E-state index contributed by atoms with van der Waals surface area (Å²) in [5, 5.41) is 4.78. The summed E-state index contributed by atoms with van der Waals surface area (Å²) in [6.07, 6.45) is 0.814. The molecule has 0 bridgehead atoms. The predicted molar refractivity (Wildman–Crippen MR) is 110 cm³/mol. The molecule has 0 aliphatic carbocycles. The predicted octanol–water partition coefficient (Wildman–Crippen LogP) is 3.63. The van der Waals surface area contributed by atoms with E-state index in [1.165, 1.54) is 0 Å². The second-order valence-electron chi connectivity index (χ2n) is 7.08. The summed E-state index contributed by atoms with van der Waals surface area (Å²) in [6.45, 7) is 5.01. The van der Waals surface area contributed by atoms with Crippen LogP contribution in [-0.2, 0) is 0 Å². The van der Waals surface area contributed by atoms with Crippen molar-refractivity contribution >= 4 is 23.2 Å². The van der Waals surface area contributed by atoms with Crippen molar-refractivity contribution in [1.29, 1.82) is 0 Å². The number of halogens is 1. The second kappa shape index (κ2) is 7.37. The summed E-state index contributed by atoms with van der Waals surface area (Å²) < 4.78 is 1.72. The molecule has 1 aliphatic heterocycles. The maximum Gasteiger partial charge on any atom is 0.278 e. The molecule has 2 N–H and O–H groups in total. The second-order valence-corrected chi connectivity index (χ2v) is 7.48. The van der Waals surface area contributed by atoms with Crippen LogP contribution in [0.2, 0.25) is 5.02 Å². The molecule has 1 atom stereocenters. The summed E-state index contributed by atoms with van der Waals surface area (Å²) in [5.74, 6) is 0.615. The van der Waals surface area contributed by atoms with Gasteiger partial charge in [-0.05, 0) is 62.6 Å². The van der Waals surface area contributed by atoms with Crippen molar-refractivity contribution in [3.05, 3.63) is 70.1 Å². The highest BCUT2D eigenvalue weighted by Gasteiger charge is 2.30. The Labute approximate surface area is 168 Å². The molecule has 3 aromatic rings. The van der Waals surface area contributed by atoms with Gasteiger partial charge in [0, 0.05) is 17.9 Å². The number of carbonyl (C=O) groups is 1. The van der Waals surface area contributed by atoms with E-state index in [-0.39, 0.29) is 17.5 Å². The van der Waals surface area contributed by atoms with E-state index in [2.05, 4.69) is 10.1 Å². The minimum absolute atomic E-state index is 0.212. The number of hydrogen-bond donors (Lipinski definition) is 1. The summed E-state index contributed by atoms with van der Waals surface area (Å²) in [5.41, 5.74) is 9.96. The maximum absolute atomic E-state index is 13.4. The summed E-state index contributed by atoms with van der Waals surface area (Å²) in [4.78, 5) is 19.7. The number of amides is 1. The highest BCUT2D eigenvalue weighted by Crippen LogP contribution is 2.35. The first-order valence-corrected chi connectivity index (χ1v) is 9.68. The molecule has 144 valence electrons. The van der Waals surface area contributed by atoms with E-state index in [1.54, 1.807) is 21.7 Å². The number of anilines is 1. The van der Waals surface area contributed by atoms with Crippen LogP contribution in [0.15, 0.2) is 42.5 Å². The van der Waals surface area contributed by atoms with Gasteiger partial charge in [-0.1, -0.05) is 29.8 Å². The Hall–Kier alpha value is -2.70. The average molecular weight is 396 g/mol. The zero-order valence-electron chi connectivity index (χ0n) is 15.9. The molecule has 0 saturated carbocycles. The van der Waals surface area contributed by atoms with Gasteiger partial charge >= 0.3 is 0 Å². The Balaban J connectivity index is 1.75. The van der Waals surface area contributed by atoms with Crippen LogP contribution in [0.4, 0.5) is 5.69 Å². The molecule has 4 rings (SSSR count). The molecule has 0 fully saturated rings. The van der Waals surface area contributed by atoms with E-state index < -0.39 is 0 Å². The number of rotatable bonds is 3. The monoisotopic (exact) mass is 395 g/mol. The number of nitrogens with two attached hydrogens (primary N) is 1. The van der Waals surface area contributed by atoms with Crippen molar-refractivity contribution in [3.8, 4) is 5.82 Å². The summed E-state index contributed by atoms with van der Waals surface area (Å²) >= 11 is 6.37. The van der Waals surface area contributed by atoms with E-state index >= 15 is 0 Å². The van der Waals surface area contributed by atoms with Crippen LogP contribution in [-0.4, -0.2) is 33.8 Å². The zero-order valence-corrected chi connectivity index (χ0v) is 16.6. The molecule has 7 heteroatoms. The topological polar surface area (TPSA) is 77.0 Å². The minimum Gasteiger partial charge on any atom is -0.330 e. The number of para-hydroxylation sites is 1. The smallest absolute Gasteiger partial charge is 0.278 e. The van der Waals surface area contributed by atoms with Crippen molar-refractivity contribution in [2.24, 2.45) is 5.73 Å². The zero-order chi connectivity index (χ0) is 19.8. The van der Waals surface area contributed by atoms with Crippen LogP contribution in [0.3, 0.4) is 0 Å². The number of aromatic nitrogens is 3. The van der Waals surface area contributed by atoms with Gasteiger partial charge in [-0.3, -0.25) is 4.79 Å².